The molecule has 27 heavy (non-hydrogen) atoms. The first-order valence-electron chi connectivity index (χ1n) is 8.04. The first-order chi connectivity index (χ1) is 12.6. The predicted molar refractivity (Wildman–Crippen MR) is 105 cm³/mol. The molecule has 142 valence electrons. The third-order valence-corrected chi connectivity index (χ3v) is 6.40. The summed E-state index contributed by atoms with van der Waals surface area (Å²) in [6, 6.07) is 9.30. The summed E-state index contributed by atoms with van der Waals surface area (Å²) in [5.74, 6) is -1.39. The second kappa shape index (κ2) is 6.86. The average molecular weight is 408 g/mol. The number of nitrogens with one attached hydrogen (secondary N) is 1. The number of aryl methyl sites for hydroxylation is 3. The molecule has 1 amide bonds. The van der Waals surface area contributed by atoms with E-state index in [-0.39, 0.29) is 10.6 Å². The number of sulfone groups is 1. The first kappa shape index (κ1) is 19.2. The highest BCUT2D eigenvalue weighted by atomic mass is 35.5. The van der Waals surface area contributed by atoms with Gasteiger partial charge in [-0.2, -0.15) is 0 Å². The highest BCUT2D eigenvalue weighted by Gasteiger charge is 2.21. The Morgan fingerprint density at radius 2 is 1.74 bits per heavy atom. The number of nitrogens with zero attached hydrogens (tertiary/aromatic N) is 2. The van der Waals surface area contributed by atoms with Crippen molar-refractivity contribution in [3.8, 4) is 0 Å². The van der Waals surface area contributed by atoms with Crippen LogP contribution in [0.15, 0.2) is 46.1 Å². The Labute approximate surface area is 161 Å². The Morgan fingerprint density at radius 3 is 2.41 bits per heavy atom. The molecular formula is C18H18ClN3O4S. The second-order valence-corrected chi connectivity index (χ2v) is 8.72. The number of hydrogen-bond donors (Lipinski definition) is 1. The second-order valence-electron chi connectivity index (χ2n) is 6.32. The molecule has 7 nitrogen and oxygen atoms in total. The van der Waals surface area contributed by atoms with Crippen LogP contribution in [0.5, 0.6) is 0 Å². The Bertz CT molecular complexity index is 1230. The molecule has 0 unspecified atom stereocenters. The van der Waals surface area contributed by atoms with E-state index in [0.717, 1.165) is 5.56 Å². The van der Waals surface area contributed by atoms with Gasteiger partial charge in [0.05, 0.1) is 15.9 Å². The van der Waals surface area contributed by atoms with E-state index in [1.54, 1.807) is 38.4 Å². The summed E-state index contributed by atoms with van der Waals surface area (Å²) < 4.78 is 28.0. The summed E-state index contributed by atoms with van der Waals surface area (Å²) >= 11 is 6.01. The first-order valence-corrected chi connectivity index (χ1v) is 10.1. The van der Waals surface area contributed by atoms with Crippen molar-refractivity contribution in [1.29, 1.82) is 0 Å². The molecule has 0 fully saturated rings. The molecule has 0 aliphatic heterocycles. The molecule has 0 bridgehead atoms. The lowest BCUT2D eigenvalue weighted by Crippen LogP contribution is -2.23. The predicted octanol–water partition coefficient (Wildman–Crippen LogP) is 2.25. The molecule has 3 rings (SSSR count). The average Bonchev–Trinajstić information content (AvgIpc) is 2.82. The molecule has 1 heterocycles. The molecule has 1 N–H and O–H groups in total. The SMILES string of the molecule is Cc1ccc(NC(=O)CS(=O)(=O)c2ccc3c(c2)n(C)c(=O)n3C)cc1Cl. The molecule has 0 atom stereocenters. The lowest BCUT2D eigenvalue weighted by atomic mass is 10.2. The number of imidazole rings is 1. The molecule has 0 spiro atoms. The van der Waals surface area contributed by atoms with Crippen LogP contribution < -0.4 is 11.0 Å². The van der Waals surface area contributed by atoms with E-state index in [4.69, 9.17) is 11.6 Å². The van der Waals surface area contributed by atoms with Crippen LogP contribution in [0, 0.1) is 6.92 Å². The topological polar surface area (TPSA) is 90.2 Å². The number of carbonyl (C=O) groups is 1. The summed E-state index contributed by atoms with van der Waals surface area (Å²) in [7, 11) is -0.705. The van der Waals surface area contributed by atoms with E-state index in [1.807, 2.05) is 6.92 Å². The number of amides is 1. The third-order valence-electron chi connectivity index (χ3n) is 4.38. The zero-order valence-electron chi connectivity index (χ0n) is 15.0. The van der Waals surface area contributed by atoms with Gasteiger partial charge in [0.1, 0.15) is 5.75 Å². The summed E-state index contributed by atoms with van der Waals surface area (Å²) in [4.78, 5) is 24.2. The third kappa shape index (κ3) is 3.63. The fourth-order valence-corrected chi connectivity index (χ4v) is 4.13. The van der Waals surface area contributed by atoms with Gasteiger partial charge in [0.15, 0.2) is 9.84 Å². The molecule has 0 saturated carbocycles. The van der Waals surface area contributed by atoms with Crippen LogP contribution in [0.2, 0.25) is 5.02 Å². The van der Waals surface area contributed by atoms with Gasteiger partial charge >= 0.3 is 5.69 Å². The van der Waals surface area contributed by atoms with E-state index in [9.17, 15) is 18.0 Å². The Hall–Kier alpha value is -2.58. The van der Waals surface area contributed by atoms with Gasteiger partial charge in [-0.05, 0) is 42.8 Å². The van der Waals surface area contributed by atoms with Gasteiger partial charge in [0, 0.05) is 24.8 Å². The van der Waals surface area contributed by atoms with Gasteiger partial charge in [-0.1, -0.05) is 17.7 Å². The van der Waals surface area contributed by atoms with Gasteiger partial charge in [0.25, 0.3) is 0 Å². The molecule has 2 aromatic carbocycles. The fraction of sp³-hybridized carbons (Fsp3) is 0.222. The lowest BCUT2D eigenvalue weighted by molar-refractivity contribution is -0.113. The van der Waals surface area contributed by atoms with Crippen LogP contribution in [-0.2, 0) is 28.7 Å². The molecule has 0 radical (unpaired) electrons. The molecule has 0 aliphatic carbocycles. The standard InChI is InChI=1S/C18H18ClN3O4S/c1-11-4-5-12(8-14(11)19)20-17(23)10-27(25,26)13-6-7-15-16(9-13)22(3)18(24)21(15)2/h4-9H,10H2,1-3H3,(H,20,23). The number of anilines is 1. The molecule has 0 aliphatic rings. The maximum Gasteiger partial charge on any atom is 0.328 e. The summed E-state index contributed by atoms with van der Waals surface area (Å²) in [6.07, 6.45) is 0. The molecular weight excluding hydrogens is 390 g/mol. The number of rotatable bonds is 4. The normalized spacial score (nSPS) is 11.7. The minimum atomic E-state index is -3.88. The summed E-state index contributed by atoms with van der Waals surface area (Å²) in [5.41, 5.74) is 2.11. The Balaban J connectivity index is 1.86. The van der Waals surface area contributed by atoms with Crippen molar-refractivity contribution < 1.29 is 13.2 Å². The zero-order chi connectivity index (χ0) is 19.9. The monoisotopic (exact) mass is 407 g/mol. The lowest BCUT2D eigenvalue weighted by Gasteiger charge is -2.08. The van der Waals surface area contributed by atoms with Crippen LogP contribution in [0.3, 0.4) is 0 Å². The minimum Gasteiger partial charge on any atom is -0.325 e. The fourth-order valence-electron chi connectivity index (χ4n) is 2.80. The van der Waals surface area contributed by atoms with Gasteiger partial charge in [-0.25, -0.2) is 13.2 Å². The van der Waals surface area contributed by atoms with Crippen LogP contribution in [0.4, 0.5) is 5.69 Å². The van der Waals surface area contributed by atoms with Crippen molar-refractivity contribution in [3.05, 3.63) is 57.5 Å². The number of carbonyl (C=O) groups excluding carboxylic acids is 1. The minimum absolute atomic E-state index is 0.0201. The van der Waals surface area contributed by atoms with Crippen molar-refractivity contribution in [2.45, 2.75) is 11.8 Å². The number of benzene rings is 2. The number of halogens is 1. The van der Waals surface area contributed by atoms with Crippen molar-refractivity contribution in [3.63, 3.8) is 0 Å². The van der Waals surface area contributed by atoms with E-state index in [2.05, 4.69) is 5.32 Å². The zero-order valence-corrected chi connectivity index (χ0v) is 16.6. The van der Waals surface area contributed by atoms with Crippen LogP contribution in [0.1, 0.15) is 5.56 Å². The molecule has 9 heteroatoms. The van der Waals surface area contributed by atoms with Gasteiger partial charge in [-0.15, -0.1) is 0 Å². The Morgan fingerprint density at radius 1 is 1.07 bits per heavy atom. The quantitative estimate of drug-likeness (QED) is 0.718. The maximum absolute atomic E-state index is 12.6. The van der Waals surface area contributed by atoms with Crippen molar-refractivity contribution in [1.82, 2.24) is 9.13 Å². The van der Waals surface area contributed by atoms with Gasteiger partial charge < -0.3 is 5.32 Å². The Kier molecular flexibility index (Phi) is 4.88. The smallest absolute Gasteiger partial charge is 0.325 e. The van der Waals surface area contributed by atoms with Gasteiger partial charge in [0.2, 0.25) is 5.91 Å². The molecule has 1 aromatic heterocycles. The van der Waals surface area contributed by atoms with Crippen LogP contribution in [0.25, 0.3) is 11.0 Å². The highest BCUT2D eigenvalue weighted by molar-refractivity contribution is 7.92. The number of aromatic nitrogens is 2. The van der Waals surface area contributed by atoms with Crippen molar-refractivity contribution in [2.24, 2.45) is 14.1 Å². The summed E-state index contributed by atoms with van der Waals surface area (Å²) in [6.45, 7) is 1.82. The van der Waals surface area contributed by atoms with E-state index >= 15 is 0 Å². The van der Waals surface area contributed by atoms with Crippen molar-refractivity contribution >= 4 is 44.1 Å². The largest absolute Gasteiger partial charge is 0.328 e. The van der Waals surface area contributed by atoms with Gasteiger partial charge in [-0.3, -0.25) is 13.9 Å². The van der Waals surface area contributed by atoms with E-state index in [0.29, 0.717) is 21.7 Å². The maximum atomic E-state index is 12.6. The van der Waals surface area contributed by atoms with E-state index in [1.165, 1.54) is 21.3 Å². The molecule has 3 aromatic rings. The van der Waals surface area contributed by atoms with Crippen molar-refractivity contribution in [2.75, 3.05) is 11.1 Å². The number of fused-ring (bicyclic) bond motifs is 1. The number of hydrogen-bond acceptors (Lipinski definition) is 4. The van der Waals surface area contributed by atoms with Crippen LogP contribution >= 0.6 is 11.6 Å². The van der Waals surface area contributed by atoms with Crippen LogP contribution in [-0.4, -0.2) is 29.2 Å². The van der Waals surface area contributed by atoms with E-state index < -0.39 is 21.5 Å². The highest BCUT2D eigenvalue weighted by Crippen LogP contribution is 2.21. The summed E-state index contributed by atoms with van der Waals surface area (Å²) in [5, 5.41) is 3.01. The molecule has 0 saturated heterocycles.